The van der Waals surface area contributed by atoms with E-state index in [9.17, 15) is 4.79 Å². The molecular formula is C24H25N5O. The van der Waals surface area contributed by atoms with Crippen molar-refractivity contribution in [3.8, 4) is 11.1 Å². The number of aromatic amines is 1. The van der Waals surface area contributed by atoms with Crippen molar-refractivity contribution in [2.45, 2.75) is 32.9 Å². The van der Waals surface area contributed by atoms with Crippen LogP contribution >= 0.6 is 0 Å². The molecule has 5 rings (SSSR count). The second-order valence-corrected chi connectivity index (χ2v) is 8.36. The highest BCUT2D eigenvalue weighted by atomic mass is 16.2. The van der Waals surface area contributed by atoms with Crippen molar-refractivity contribution in [2.24, 2.45) is 5.92 Å². The standard InChI is InChI=1S/C24H25N5O/c1-16-3-5-19(6-4-16)24(30)28-14-18(9-17(28)2)15-29-23-8-7-20(10-21(23)13-27-29)22-11-25-26-12-22/h3-8,10-13,17-18H,9,14-15H2,1-2H3,(H,25,26)/t17-,18?/m0/s1. The van der Waals surface area contributed by atoms with Crippen LogP contribution in [0, 0.1) is 12.8 Å². The second kappa shape index (κ2) is 7.44. The van der Waals surface area contributed by atoms with Gasteiger partial charge < -0.3 is 4.90 Å². The molecule has 6 heteroatoms. The van der Waals surface area contributed by atoms with Gasteiger partial charge in [-0.15, -0.1) is 0 Å². The third-order valence-electron chi connectivity index (χ3n) is 6.13. The van der Waals surface area contributed by atoms with E-state index in [-0.39, 0.29) is 11.9 Å². The van der Waals surface area contributed by atoms with E-state index in [2.05, 4.69) is 45.1 Å². The second-order valence-electron chi connectivity index (χ2n) is 8.36. The summed E-state index contributed by atoms with van der Waals surface area (Å²) in [5.41, 5.74) is 5.25. The Balaban J connectivity index is 1.32. The molecule has 1 aliphatic heterocycles. The number of likely N-dealkylation sites (tertiary alicyclic amines) is 1. The Morgan fingerprint density at radius 1 is 1.13 bits per heavy atom. The van der Waals surface area contributed by atoms with Crippen LogP contribution < -0.4 is 0 Å². The largest absolute Gasteiger partial charge is 0.336 e. The van der Waals surface area contributed by atoms with Crippen LogP contribution in [0.5, 0.6) is 0 Å². The van der Waals surface area contributed by atoms with Crippen molar-refractivity contribution in [1.29, 1.82) is 0 Å². The van der Waals surface area contributed by atoms with Crippen molar-refractivity contribution >= 4 is 16.8 Å². The van der Waals surface area contributed by atoms with Gasteiger partial charge in [-0.2, -0.15) is 10.2 Å². The van der Waals surface area contributed by atoms with Crippen molar-refractivity contribution in [2.75, 3.05) is 6.54 Å². The Labute approximate surface area is 175 Å². The van der Waals surface area contributed by atoms with Crippen LogP contribution in [0.3, 0.4) is 0 Å². The van der Waals surface area contributed by atoms with Crippen LogP contribution in [0.15, 0.2) is 61.1 Å². The molecule has 0 aliphatic carbocycles. The minimum Gasteiger partial charge on any atom is -0.336 e. The van der Waals surface area contributed by atoms with Crippen molar-refractivity contribution in [1.82, 2.24) is 24.9 Å². The van der Waals surface area contributed by atoms with E-state index < -0.39 is 0 Å². The van der Waals surface area contributed by atoms with E-state index in [0.29, 0.717) is 5.92 Å². The predicted octanol–water partition coefficient (Wildman–Crippen LogP) is 4.29. The predicted molar refractivity (Wildman–Crippen MR) is 117 cm³/mol. The molecule has 1 aliphatic rings. The van der Waals surface area contributed by atoms with Gasteiger partial charge in [0.1, 0.15) is 0 Å². The summed E-state index contributed by atoms with van der Waals surface area (Å²) in [4.78, 5) is 15.0. The Bertz CT molecular complexity index is 1180. The summed E-state index contributed by atoms with van der Waals surface area (Å²) >= 11 is 0. The van der Waals surface area contributed by atoms with Crippen LogP contribution in [-0.4, -0.2) is 43.4 Å². The molecule has 2 aromatic heterocycles. The number of fused-ring (bicyclic) bond motifs is 1. The van der Waals surface area contributed by atoms with E-state index in [4.69, 9.17) is 0 Å². The number of benzene rings is 2. The van der Waals surface area contributed by atoms with E-state index in [1.807, 2.05) is 54.7 Å². The number of nitrogens with one attached hydrogen (secondary N) is 1. The molecule has 1 unspecified atom stereocenters. The number of hydrogen-bond donors (Lipinski definition) is 1. The fourth-order valence-electron chi connectivity index (χ4n) is 4.49. The Hall–Kier alpha value is -3.41. The molecule has 152 valence electrons. The fraction of sp³-hybridized carbons (Fsp3) is 0.292. The van der Waals surface area contributed by atoms with Crippen LogP contribution in [0.25, 0.3) is 22.0 Å². The van der Waals surface area contributed by atoms with Gasteiger partial charge in [0.05, 0.1) is 17.9 Å². The smallest absolute Gasteiger partial charge is 0.254 e. The number of rotatable bonds is 4. The summed E-state index contributed by atoms with van der Waals surface area (Å²) in [6.07, 6.45) is 6.63. The molecule has 30 heavy (non-hydrogen) atoms. The first-order valence-electron chi connectivity index (χ1n) is 10.4. The lowest BCUT2D eigenvalue weighted by Gasteiger charge is -2.21. The van der Waals surface area contributed by atoms with E-state index in [1.165, 1.54) is 5.56 Å². The first-order chi connectivity index (χ1) is 14.6. The molecule has 2 atom stereocenters. The molecule has 1 saturated heterocycles. The molecule has 0 bridgehead atoms. The third-order valence-corrected chi connectivity index (χ3v) is 6.13. The first-order valence-corrected chi connectivity index (χ1v) is 10.4. The van der Waals surface area contributed by atoms with Crippen molar-refractivity contribution in [3.05, 3.63) is 72.2 Å². The number of nitrogens with zero attached hydrogens (tertiary/aromatic N) is 4. The molecule has 1 amide bonds. The van der Waals surface area contributed by atoms with Gasteiger partial charge in [-0.1, -0.05) is 23.8 Å². The topological polar surface area (TPSA) is 66.8 Å². The minimum absolute atomic E-state index is 0.125. The Morgan fingerprint density at radius 2 is 1.97 bits per heavy atom. The number of carbonyl (C=O) groups excluding carboxylic acids is 1. The number of H-pyrrole nitrogens is 1. The normalized spacial score (nSPS) is 18.9. The minimum atomic E-state index is 0.125. The van der Waals surface area contributed by atoms with E-state index in [0.717, 1.165) is 47.1 Å². The van der Waals surface area contributed by atoms with Crippen LogP contribution in [0.4, 0.5) is 0 Å². The average Bonchev–Trinajstić information content (AvgIpc) is 3.49. The van der Waals surface area contributed by atoms with Gasteiger partial charge in [0, 0.05) is 41.8 Å². The fourth-order valence-corrected chi connectivity index (χ4v) is 4.49. The van der Waals surface area contributed by atoms with Gasteiger partial charge in [0.15, 0.2) is 0 Å². The highest BCUT2D eigenvalue weighted by Gasteiger charge is 2.33. The molecule has 4 aromatic rings. The van der Waals surface area contributed by atoms with Crippen molar-refractivity contribution in [3.63, 3.8) is 0 Å². The van der Waals surface area contributed by atoms with Gasteiger partial charge >= 0.3 is 0 Å². The highest BCUT2D eigenvalue weighted by molar-refractivity contribution is 5.94. The van der Waals surface area contributed by atoms with Gasteiger partial charge in [-0.05, 0) is 56.0 Å². The summed E-state index contributed by atoms with van der Waals surface area (Å²) < 4.78 is 2.08. The number of carbonyl (C=O) groups is 1. The quantitative estimate of drug-likeness (QED) is 0.557. The van der Waals surface area contributed by atoms with Gasteiger partial charge in [-0.25, -0.2) is 0 Å². The van der Waals surface area contributed by atoms with Crippen molar-refractivity contribution < 1.29 is 4.79 Å². The van der Waals surface area contributed by atoms with Gasteiger partial charge in [-0.3, -0.25) is 14.6 Å². The zero-order chi connectivity index (χ0) is 20.7. The molecule has 6 nitrogen and oxygen atoms in total. The summed E-state index contributed by atoms with van der Waals surface area (Å²) in [7, 11) is 0. The summed E-state index contributed by atoms with van der Waals surface area (Å²) in [6.45, 7) is 5.76. The lowest BCUT2D eigenvalue weighted by atomic mass is 10.1. The van der Waals surface area contributed by atoms with Crippen LogP contribution in [0.2, 0.25) is 0 Å². The highest BCUT2D eigenvalue weighted by Crippen LogP contribution is 2.28. The van der Waals surface area contributed by atoms with Crippen LogP contribution in [0.1, 0.15) is 29.3 Å². The summed E-state index contributed by atoms with van der Waals surface area (Å²) in [6, 6.07) is 14.5. The third kappa shape index (κ3) is 3.38. The number of aryl methyl sites for hydroxylation is 1. The first kappa shape index (κ1) is 18.6. The maximum absolute atomic E-state index is 13.0. The zero-order valence-electron chi connectivity index (χ0n) is 17.2. The molecule has 1 fully saturated rings. The van der Waals surface area contributed by atoms with E-state index >= 15 is 0 Å². The van der Waals surface area contributed by atoms with Crippen LogP contribution in [-0.2, 0) is 6.54 Å². The average molecular weight is 399 g/mol. The molecule has 0 saturated carbocycles. The molecule has 0 radical (unpaired) electrons. The number of hydrogen-bond acceptors (Lipinski definition) is 3. The zero-order valence-corrected chi connectivity index (χ0v) is 17.2. The Morgan fingerprint density at radius 3 is 2.73 bits per heavy atom. The van der Waals surface area contributed by atoms with E-state index in [1.54, 1.807) is 0 Å². The molecule has 0 spiro atoms. The Kier molecular flexibility index (Phi) is 4.62. The maximum atomic E-state index is 13.0. The van der Waals surface area contributed by atoms with Gasteiger partial charge in [0.2, 0.25) is 0 Å². The van der Waals surface area contributed by atoms with Gasteiger partial charge in [0.25, 0.3) is 5.91 Å². The monoisotopic (exact) mass is 399 g/mol. The maximum Gasteiger partial charge on any atom is 0.254 e. The molecular weight excluding hydrogens is 374 g/mol. The molecule has 3 heterocycles. The number of aromatic nitrogens is 4. The SMILES string of the molecule is Cc1ccc(C(=O)N2CC(Cn3ncc4cc(-c5cn[nH]c5)ccc43)C[C@@H]2C)cc1. The molecule has 2 aromatic carbocycles. The molecule has 1 N–H and O–H groups in total. The number of amides is 1. The lowest BCUT2D eigenvalue weighted by molar-refractivity contribution is 0.0742. The summed E-state index contributed by atoms with van der Waals surface area (Å²) in [5.74, 6) is 0.520. The lowest BCUT2D eigenvalue weighted by Crippen LogP contribution is -2.34. The summed E-state index contributed by atoms with van der Waals surface area (Å²) in [5, 5.41) is 12.6.